The van der Waals surface area contributed by atoms with Crippen molar-refractivity contribution in [3.8, 4) is 5.75 Å². The van der Waals surface area contributed by atoms with Crippen molar-refractivity contribution < 1.29 is 13.9 Å². The second-order valence-corrected chi connectivity index (χ2v) is 5.72. The number of fused-ring (bicyclic) bond motifs is 1. The van der Waals surface area contributed by atoms with Crippen LogP contribution >= 0.6 is 0 Å². The molecule has 2 rings (SSSR count). The minimum Gasteiger partial charge on any atom is -0.490 e. The van der Waals surface area contributed by atoms with E-state index in [0.717, 1.165) is 6.42 Å². The molecule has 0 fully saturated rings. The van der Waals surface area contributed by atoms with E-state index < -0.39 is 5.82 Å². The molecule has 1 heterocycles. The second kappa shape index (κ2) is 6.43. The van der Waals surface area contributed by atoms with Gasteiger partial charge in [0.15, 0.2) is 11.6 Å². The zero-order chi connectivity index (χ0) is 15.6. The molecule has 116 valence electrons. The topological polar surface area (TPSA) is 64.3 Å². The van der Waals surface area contributed by atoms with Gasteiger partial charge in [-0.2, -0.15) is 0 Å². The predicted octanol–water partition coefficient (Wildman–Crippen LogP) is 2.83. The van der Waals surface area contributed by atoms with E-state index in [0.29, 0.717) is 24.2 Å². The highest BCUT2D eigenvalue weighted by Gasteiger charge is 2.27. The van der Waals surface area contributed by atoms with E-state index >= 15 is 0 Å². The molecule has 0 saturated heterocycles. The smallest absolute Gasteiger partial charge is 0.223 e. The van der Waals surface area contributed by atoms with E-state index in [1.54, 1.807) is 6.92 Å². The molecule has 0 aromatic heterocycles. The van der Waals surface area contributed by atoms with Crippen LogP contribution in [0, 0.1) is 11.7 Å². The lowest BCUT2D eigenvalue weighted by Gasteiger charge is -2.29. The van der Waals surface area contributed by atoms with Gasteiger partial charge in [-0.05, 0) is 31.0 Å². The quantitative estimate of drug-likeness (QED) is 0.897. The van der Waals surface area contributed by atoms with Crippen LogP contribution in [0.15, 0.2) is 12.1 Å². The maximum atomic E-state index is 14.1. The average molecular weight is 294 g/mol. The first-order valence-corrected chi connectivity index (χ1v) is 7.46. The first-order valence-electron chi connectivity index (χ1n) is 7.46. The Morgan fingerprint density at radius 2 is 2.24 bits per heavy atom. The summed E-state index contributed by atoms with van der Waals surface area (Å²) in [6.45, 7) is 6.05. The van der Waals surface area contributed by atoms with Crippen LogP contribution in [0.25, 0.3) is 0 Å². The molecule has 3 N–H and O–H groups in total. The minimum atomic E-state index is -0.415. The highest BCUT2D eigenvalue weighted by molar-refractivity contribution is 5.78. The van der Waals surface area contributed by atoms with Gasteiger partial charge >= 0.3 is 0 Å². The molecule has 1 aliphatic heterocycles. The molecule has 3 unspecified atom stereocenters. The fourth-order valence-corrected chi connectivity index (χ4v) is 2.39. The number of carbonyl (C=O) groups excluding carboxylic acids is 1. The predicted molar refractivity (Wildman–Crippen MR) is 79.5 cm³/mol. The zero-order valence-electron chi connectivity index (χ0n) is 12.8. The maximum Gasteiger partial charge on any atom is 0.223 e. The summed E-state index contributed by atoms with van der Waals surface area (Å²) in [6, 6.07) is 2.76. The molecule has 1 aromatic rings. The van der Waals surface area contributed by atoms with Crippen molar-refractivity contribution in [3.05, 3.63) is 29.1 Å². The number of nitrogens with two attached hydrogens (primary N) is 1. The lowest BCUT2D eigenvalue weighted by Crippen LogP contribution is -2.35. The number of ether oxygens (including phenoxy) is 1. The van der Waals surface area contributed by atoms with Gasteiger partial charge in [-0.25, -0.2) is 4.39 Å². The lowest BCUT2D eigenvalue weighted by atomic mass is 9.95. The minimum absolute atomic E-state index is 0.0121. The maximum absolute atomic E-state index is 14.1. The van der Waals surface area contributed by atoms with Crippen LogP contribution in [0.2, 0.25) is 0 Å². The molecular formula is C16H23FN2O2. The van der Waals surface area contributed by atoms with Gasteiger partial charge in [-0.15, -0.1) is 0 Å². The molecule has 0 radical (unpaired) electrons. The van der Waals surface area contributed by atoms with Crippen molar-refractivity contribution in [1.82, 2.24) is 5.32 Å². The van der Waals surface area contributed by atoms with Gasteiger partial charge in [0.05, 0.1) is 12.6 Å². The summed E-state index contributed by atoms with van der Waals surface area (Å²) in [6.07, 6.45) is 1.41. The molecule has 1 aromatic carbocycles. The SMILES string of the molecule is CCC(C)C(=O)NC1CCOc2c(F)cc(C(C)N)cc21. The van der Waals surface area contributed by atoms with Crippen LogP contribution in [-0.4, -0.2) is 12.5 Å². The number of benzene rings is 1. The van der Waals surface area contributed by atoms with Gasteiger partial charge in [0, 0.05) is 23.9 Å². The highest BCUT2D eigenvalue weighted by atomic mass is 19.1. The average Bonchev–Trinajstić information content (AvgIpc) is 2.46. The Hall–Kier alpha value is -1.62. The van der Waals surface area contributed by atoms with Crippen LogP contribution in [0.4, 0.5) is 4.39 Å². The summed E-state index contributed by atoms with van der Waals surface area (Å²) in [4.78, 5) is 12.1. The van der Waals surface area contributed by atoms with Crippen LogP contribution in [0.1, 0.15) is 56.8 Å². The molecule has 0 saturated carbocycles. The Bertz CT molecular complexity index is 531. The van der Waals surface area contributed by atoms with Crippen molar-refractivity contribution in [3.63, 3.8) is 0 Å². The fourth-order valence-electron chi connectivity index (χ4n) is 2.39. The number of carbonyl (C=O) groups is 1. The number of hydrogen-bond donors (Lipinski definition) is 2. The van der Waals surface area contributed by atoms with Gasteiger partial charge in [0.25, 0.3) is 0 Å². The highest BCUT2D eigenvalue weighted by Crippen LogP contribution is 2.36. The number of hydrogen-bond acceptors (Lipinski definition) is 3. The molecule has 1 aliphatic rings. The normalized spacial score (nSPS) is 20.1. The Morgan fingerprint density at radius 1 is 1.52 bits per heavy atom. The largest absolute Gasteiger partial charge is 0.490 e. The zero-order valence-corrected chi connectivity index (χ0v) is 12.8. The molecule has 0 aliphatic carbocycles. The van der Waals surface area contributed by atoms with Crippen molar-refractivity contribution in [1.29, 1.82) is 0 Å². The second-order valence-electron chi connectivity index (χ2n) is 5.72. The first-order chi connectivity index (χ1) is 9.93. The molecule has 3 atom stereocenters. The van der Waals surface area contributed by atoms with Gasteiger partial charge < -0.3 is 15.8 Å². The fraction of sp³-hybridized carbons (Fsp3) is 0.562. The molecule has 1 amide bonds. The third-order valence-corrected chi connectivity index (χ3v) is 4.03. The number of halogens is 1. The third-order valence-electron chi connectivity index (χ3n) is 4.03. The van der Waals surface area contributed by atoms with Crippen molar-refractivity contribution in [2.75, 3.05) is 6.61 Å². The standard InChI is InChI=1S/C16H23FN2O2/c1-4-9(2)16(20)19-14-5-6-21-15-12(14)7-11(10(3)18)8-13(15)17/h7-10,14H,4-6,18H2,1-3H3,(H,19,20). The van der Waals surface area contributed by atoms with E-state index in [4.69, 9.17) is 10.5 Å². The summed E-state index contributed by atoms with van der Waals surface area (Å²) in [5, 5.41) is 2.99. The van der Waals surface area contributed by atoms with E-state index in [9.17, 15) is 9.18 Å². The molecule has 0 spiro atoms. The summed E-state index contributed by atoms with van der Waals surface area (Å²) in [5.41, 5.74) is 7.23. The summed E-state index contributed by atoms with van der Waals surface area (Å²) in [5.74, 6) is -0.248. The molecule has 5 heteroatoms. The van der Waals surface area contributed by atoms with Crippen molar-refractivity contribution >= 4 is 5.91 Å². The summed E-state index contributed by atoms with van der Waals surface area (Å²) >= 11 is 0. The van der Waals surface area contributed by atoms with Gasteiger partial charge in [-0.1, -0.05) is 13.8 Å². The molecular weight excluding hydrogens is 271 g/mol. The lowest BCUT2D eigenvalue weighted by molar-refractivity contribution is -0.125. The summed E-state index contributed by atoms with van der Waals surface area (Å²) < 4.78 is 19.6. The van der Waals surface area contributed by atoms with E-state index in [1.165, 1.54) is 6.07 Å². The van der Waals surface area contributed by atoms with Crippen molar-refractivity contribution in [2.45, 2.75) is 45.7 Å². The third kappa shape index (κ3) is 3.35. The van der Waals surface area contributed by atoms with Crippen molar-refractivity contribution in [2.24, 2.45) is 11.7 Å². The van der Waals surface area contributed by atoms with Crippen LogP contribution in [0.3, 0.4) is 0 Å². The Kier molecular flexibility index (Phi) is 4.83. The number of nitrogens with one attached hydrogen (secondary N) is 1. The van der Waals surface area contributed by atoms with Gasteiger partial charge in [0.1, 0.15) is 0 Å². The van der Waals surface area contributed by atoms with E-state index in [2.05, 4.69) is 5.32 Å². The van der Waals surface area contributed by atoms with E-state index in [1.807, 2.05) is 19.9 Å². The van der Waals surface area contributed by atoms with Crippen LogP contribution < -0.4 is 15.8 Å². The van der Waals surface area contributed by atoms with Gasteiger partial charge in [0.2, 0.25) is 5.91 Å². The van der Waals surface area contributed by atoms with E-state index in [-0.39, 0.29) is 29.7 Å². The number of amides is 1. The summed E-state index contributed by atoms with van der Waals surface area (Å²) in [7, 11) is 0. The number of rotatable bonds is 4. The Morgan fingerprint density at radius 3 is 2.86 bits per heavy atom. The Balaban J connectivity index is 2.31. The Labute approximate surface area is 124 Å². The molecule has 0 bridgehead atoms. The van der Waals surface area contributed by atoms with Crippen LogP contribution in [-0.2, 0) is 4.79 Å². The molecule has 4 nitrogen and oxygen atoms in total. The van der Waals surface area contributed by atoms with Gasteiger partial charge in [-0.3, -0.25) is 4.79 Å². The van der Waals surface area contributed by atoms with Crippen LogP contribution in [0.5, 0.6) is 5.75 Å². The monoisotopic (exact) mass is 294 g/mol. The first kappa shape index (κ1) is 15.8. The molecule has 21 heavy (non-hydrogen) atoms.